The van der Waals surface area contributed by atoms with Crippen molar-refractivity contribution in [2.24, 2.45) is 0 Å². The molecule has 1 unspecified atom stereocenters. The van der Waals surface area contributed by atoms with Crippen LogP contribution in [-0.2, 0) is 9.47 Å². The summed E-state index contributed by atoms with van der Waals surface area (Å²) in [4.78, 5) is 12.0. The van der Waals surface area contributed by atoms with Crippen LogP contribution in [0, 0.1) is 0 Å². The van der Waals surface area contributed by atoms with E-state index >= 15 is 0 Å². The van der Waals surface area contributed by atoms with Crippen molar-refractivity contribution >= 4 is 6.09 Å². The molecule has 1 aromatic rings. The van der Waals surface area contributed by atoms with Gasteiger partial charge in [0.25, 0.3) is 0 Å². The highest BCUT2D eigenvalue weighted by Crippen LogP contribution is 2.29. The molecular weight excluding hydrogens is 234 g/mol. The lowest BCUT2D eigenvalue weighted by atomic mass is 10.0. The van der Waals surface area contributed by atoms with E-state index in [-0.39, 0.29) is 5.92 Å². The Balaban J connectivity index is 2.15. The van der Waals surface area contributed by atoms with E-state index in [4.69, 9.17) is 9.47 Å². The van der Waals surface area contributed by atoms with Crippen LogP contribution in [0.2, 0.25) is 0 Å². The minimum Gasteiger partial charge on any atom is -0.443 e. The SMILES string of the molecule is CC(C)(C)OC(=O)n1cccc1[C@@H]1COC(O)C1. The van der Waals surface area contributed by atoms with Crippen molar-refractivity contribution in [1.29, 1.82) is 0 Å². The summed E-state index contributed by atoms with van der Waals surface area (Å²) in [5, 5.41) is 9.37. The Labute approximate surface area is 106 Å². The van der Waals surface area contributed by atoms with Gasteiger partial charge >= 0.3 is 6.09 Å². The van der Waals surface area contributed by atoms with Gasteiger partial charge in [0.15, 0.2) is 6.29 Å². The van der Waals surface area contributed by atoms with Crippen molar-refractivity contribution < 1.29 is 19.4 Å². The number of aromatic nitrogens is 1. The average Bonchev–Trinajstić information content (AvgIpc) is 2.81. The van der Waals surface area contributed by atoms with Crippen LogP contribution in [0.15, 0.2) is 18.3 Å². The lowest BCUT2D eigenvalue weighted by Crippen LogP contribution is -2.28. The van der Waals surface area contributed by atoms with E-state index in [1.54, 1.807) is 12.3 Å². The summed E-state index contributed by atoms with van der Waals surface area (Å²) in [5.41, 5.74) is 0.297. The van der Waals surface area contributed by atoms with Crippen molar-refractivity contribution in [1.82, 2.24) is 4.57 Å². The second kappa shape index (κ2) is 4.74. The predicted molar refractivity (Wildman–Crippen MR) is 65.4 cm³/mol. The molecular formula is C13H19NO4. The molecule has 2 rings (SSSR count). The fourth-order valence-corrected chi connectivity index (χ4v) is 2.02. The molecule has 1 aliphatic heterocycles. The van der Waals surface area contributed by atoms with Gasteiger partial charge in [0, 0.05) is 24.2 Å². The Hall–Kier alpha value is -1.33. The summed E-state index contributed by atoms with van der Waals surface area (Å²) >= 11 is 0. The van der Waals surface area contributed by atoms with E-state index in [2.05, 4.69) is 0 Å². The van der Waals surface area contributed by atoms with E-state index in [9.17, 15) is 9.90 Å². The van der Waals surface area contributed by atoms with Gasteiger partial charge in [-0.05, 0) is 32.9 Å². The molecule has 1 saturated heterocycles. The van der Waals surface area contributed by atoms with Crippen LogP contribution >= 0.6 is 0 Å². The zero-order valence-electron chi connectivity index (χ0n) is 10.9. The normalized spacial score (nSPS) is 24.2. The third kappa shape index (κ3) is 2.91. The number of carbonyl (C=O) groups is 1. The Morgan fingerprint density at radius 2 is 2.28 bits per heavy atom. The van der Waals surface area contributed by atoms with Gasteiger partial charge < -0.3 is 14.6 Å². The molecule has 0 amide bonds. The highest BCUT2D eigenvalue weighted by molar-refractivity contribution is 5.72. The number of nitrogens with zero attached hydrogens (tertiary/aromatic N) is 1. The van der Waals surface area contributed by atoms with Gasteiger partial charge in [0.05, 0.1) is 6.61 Å². The average molecular weight is 253 g/mol. The molecule has 2 atom stereocenters. The second-order valence-corrected chi connectivity index (χ2v) is 5.50. The van der Waals surface area contributed by atoms with Gasteiger partial charge in [-0.25, -0.2) is 4.79 Å². The van der Waals surface area contributed by atoms with Crippen LogP contribution in [0.1, 0.15) is 38.8 Å². The van der Waals surface area contributed by atoms with E-state index < -0.39 is 18.0 Å². The first-order chi connectivity index (χ1) is 8.37. The highest BCUT2D eigenvalue weighted by Gasteiger charge is 2.29. The summed E-state index contributed by atoms with van der Waals surface area (Å²) in [6.45, 7) is 5.91. The van der Waals surface area contributed by atoms with Crippen LogP contribution < -0.4 is 0 Å². The van der Waals surface area contributed by atoms with E-state index in [0.29, 0.717) is 13.0 Å². The largest absolute Gasteiger partial charge is 0.443 e. The predicted octanol–water partition coefficient (Wildman–Crippen LogP) is 2.09. The molecule has 1 aromatic heterocycles. The number of rotatable bonds is 1. The first kappa shape index (κ1) is 13.1. The number of hydrogen-bond acceptors (Lipinski definition) is 4. The molecule has 5 heteroatoms. The summed E-state index contributed by atoms with van der Waals surface area (Å²) in [6, 6.07) is 3.65. The molecule has 0 radical (unpaired) electrons. The van der Waals surface area contributed by atoms with E-state index in [0.717, 1.165) is 5.69 Å². The van der Waals surface area contributed by atoms with Crippen LogP contribution in [0.5, 0.6) is 0 Å². The molecule has 0 saturated carbocycles. The summed E-state index contributed by atoms with van der Waals surface area (Å²) in [6.07, 6.45) is 1.04. The summed E-state index contributed by atoms with van der Waals surface area (Å²) in [7, 11) is 0. The van der Waals surface area contributed by atoms with Crippen LogP contribution in [0.3, 0.4) is 0 Å². The van der Waals surface area contributed by atoms with Gasteiger partial charge in [-0.3, -0.25) is 4.57 Å². The zero-order valence-corrected chi connectivity index (χ0v) is 10.9. The smallest absolute Gasteiger partial charge is 0.418 e. The summed E-state index contributed by atoms with van der Waals surface area (Å²) < 4.78 is 11.9. The fourth-order valence-electron chi connectivity index (χ4n) is 2.02. The van der Waals surface area contributed by atoms with Crippen LogP contribution in [0.4, 0.5) is 4.79 Å². The minimum absolute atomic E-state index is 0.0301. The maximum atomic E-state index is 12.0. The van der Waals surface area contributed by atoms with Gasteiger partial charge in [0.1, 0.15) is 5.60 Å². The minimum atomic E-state index is -0.739. The number of aliphatic hydroxyl groups is 1. The Morgan fingerprint density at radius 3 is 2.83 bits per heavy atom. The molecule has 0 spiro atoms. The third-order valence-corrected chi connectivity index (χ3v) is 2.76. The lowest BCUT2D eigenvalue weighted by Gasteiger charge is -2.21. The molecule has 1 fully saturated rings. The fraction of sp³-hybridized carbons (Fsp3) is 0.615. The number of aliphatic hydroxyl groups excluding tert-OH is 1. The van der Waals surface area contributed by atoms with Crippen molar-refractivity contribution in [3.63, 3.8) is 0 Å². The molecule has 100 valence electrons. The number of hydrogen-bond donors (Lipinski definition) is 1. The van der Waals surface area contributed by atoms with E-state index in [1.807, 2.05) is 26.8 Å². The quantitative estimate of drug-likeness (QED) is 0.832. The lowest BCUT2D eigenvalue weighted by molar-refractivity contribution is -0.0590. The van der Waals surface area contributed by atoms with E-state index in [1.165, 1.54) is 4.57 Å². The van der Waals surface area contributed by atoms with Gasteiger partial charge in [0.2, 0.25) is 0 Å². The van der Waals surface area contributed by atoms with Crippen molar-refractivity contribution in [2.75, 3.05) is 6.61 Å². The Bertz CT molecular complexity index is 432. The molecule has 1 N–H and O–H groups in total. The number of ether oxygens (including phenoxy) is 2. The first-order valence-corrected chi connectivity index (χ1v) is 6.07. The second-order valence-electron chi connectivity index (χ2n) is 5.50. The van der Waals surface area contributed by atoms with Crippen molar-refractivity contribution in [3.8, 4) is 0 Å². The monoisotopic (exact) mass is 253 g/mol. The maximum Gasteiger partial charge on any atom is 0.418 e. The highest BCUT2D eigenvalue weighted by atomic mass is 16.6. The molecule has 18 heavy (non-hydrogen) atoms. The van der Waals surface area contributed by atoms with Gasteiger partial charge in [-0.2, -0.15) is 0 Å². The van der Waals surface area contributed by atoms with Crippen molar-refractivity contribution in [3.05, 3.63) is 24.0 Å². The Kier molecular flexibility index (Phi) is 3.45. The summed E-state index contributed by atoms with van der Waals surface area (Å²) in [5.74, 6) is 0.0301. The molecule has 0 aromatic carbocycles. The number of carbonyl (C=O) groups excluding carboxylic acids is 1. The molecule has 5 nitrogen and oxygen atoms in total. The Morgan fingerprint density at radius 1 is 1.56 bits per heavy atom. The topological polar surface area (TPSA) is 60.7 Å². The van der Waals surface area contributed by atoms with Crippen LogP contribution in [0.25, 0.3) is 0 Å². The third-order valence-electron chi connectivity index (χ3n) is 2.76. The maximum absolute atomic E-state index is 12.0. The molecule has 0 aliphatic carbocycles. The van der Waals surface area contributed by atoms with Gasteiger partial charge in [-0.1, -0.05) is 0 Å². The van der Waals surface area contributed by atoms with Crippen LogP contribution in [-0.4, -0.2) is 34.3 Å². The zero-order chi connectivity index (χ0) is 13.3. The van der Waals surface area contributed by atoms with Gasteiger partial charge in [-0.15, -0.1) is 0 Å². The standard InChI is InChI=1S/C13H19NO4/c1-13(2,3)18-12(16)14-6-4-5-10(14)9-7-11(15)17-8-9/h4-6,9,11,15H,7-8H2,1-3H3/t9-,11?/m0/s1. The first-order valence-electron chi connectivity index (χ1n) is 6.07. The molecule has 1 aliphatic rings. The van der Waals surface area contributed by atoms with Crippen molar-refractivity contribution in [2.45, 2.75) is 45.0 Å². The molecule has 0 bridgehead atoms. The molecule has 2 heterocycles.